The van der Waals surface area contributed by atoms with Crippen molar-refractivity contribution < 1.29 is 14.7 Å². The maximum absolute atomic E-state index is 12.2. The SMILES string of the molecule is Cc1cnc(C(=O)N2CCCC[C@H]2C(=O)O)cn1. The van der Waals surface area contributed by atoms with E-state index in [9.17, 15) is 9.59 Å². The molecule has 0 unspecified atom stereocenters. The minimum Gasteiger partial charge on any atom is -0.480 e. The first-order valence-corrected chi connectivity index (χ1v) is 5.92. The molecule has 1 fully saturated rings. The van der Waals surface area contributed by atoms with E-state index in [0.717, 1.165) is 18.5 Å². The Labute approximate surface area is 105 Å². The zero-order valence-electron chi connectivity index (χ0n) is 10.2. The molecule has 2 heterocycles. The lowest BCUT2D eigenvalue weighted by Gasteiger charge is -2.32. The van der Waals surface area contributed by atoms with E-state index < -0.39 is 12.0 Å². The van der Waals surface area contributed by atoms with Crippen LogP contribution < -0.4 is 0 Å². The van der Waals surface area contributed by atoms with Crippen molar-refractivity contribution in [1.29, 1.82) is 0 Å². The molecule has 96 valence electrons. The lowest BCUT2D eigenvalue weighted by molar-refractivity contribution is -0.143. The molecule has 0 aliphatic carbocycles. The number of amides is 1. The van der Waals surface area contributed by atoms with Gasteiger partial charge in [0.2, 0.25) is 0 Å². The van der Waals surface area contributed by atoms with Crippen molar-refractivity contribution in [3.8, 4) is 0 Å². The zero-order chi connectivity index (χ0) is 13.1. The summed E-state index contributed by atoms with van der Waals surface area (Å²) in [4.78, 5) is 32.7. The van der Waals surface area contributed by atoms with Crippen LogP contribution in [0.5, 0.6) is 0 Å². The summed E-state index contributed by atoms with van der Waals surface area (Å²) < 4.78 is 0. The first kappa shape index (κ1) is 12.5. The molecule has 6 nitrogen and oxygen atoms in total. The Morgan fingerprint density at radius 2 is 2.11 bits per heavy atom. The fourth-order valence-electron chi connectivity index (χ4n) is 2.08. The molecule has 1 amide bonds. The van der Waals surface area contributed by atoms with Crippen LogP contribution in [0, 0.1) is 6.92 Å². The van der Waals surface area contributed by atoms with E-state index in [1.807, 2.05) is 0 Å². The Hall–Kier alpha value is -1.98. The number of piperidine rings is 1. The van der Waals surface area contributed by atoms with Crippen LogP contribution in [0.3, 0.4) is 0 Å². The number of aromatic nitrogens is 2. The van der Waals surface area contributed by atoms with E-state index in [4.69, 9.17) is 5.11 Å². The van der Waals surface area contributed by atoms with Gasteiger partial charge in [0.1, 0.15) is 11.7 Å². The van der Waals surface area contributed by atoms with Crippen molar-refractivity contribution in [2.75, 3.05) is 6.54 Å². The van der Waals surface area contributed by atoms with Gasteiger partial charge in [-0.25, -0.2) is 9.78 Å². The van der Waals surface area contributed by atoms with Crippen LogP contribution in [0.1, 0.15) is 35.4 Å². The summed E-state index contributed by atoms with van der Waals surface area (Å²) in [5.74, 6) is -1.31. The second-order valence-electron chi connectivity index (χ2n) is 4.39. The third-order valence-electron chi connectivity index (χ3n) is 3.05. The van der Waals surface area contributed by atoms with Crippen LogP contribution in [0.15, 0.2) is 12.4 Å². The molecular weight excluding hydrogens is 234 g/mol. The summed E-state index contributed by atoms with van der Waals surface area (Å²) in [6, 6.07) is -0.741. The van der Waals surface area contributed by atoms with Crippen molar-refractivity contribution in [2.45, 2.75) is 32.2 Å². The number of rotatable bonds is 2. The highest BCUT2D eigenvalue weighted by Gasteiger charge is 2.32. The molecule has 0 spiro atoms. The molecule has 1 aromatic rings. The predicted octanol–water partition coefficient (Wildman–Crippen LogP) is 0.864. The molecule has 0 radical (unpaired) electrons. The normalized spacial score (nSPS) is 19.6. The number of likely N-dealkylation sites (tertiary alicyclic amines) is 1. The fraction of sp³-hybridized carbons (Fsp3) is 0.500. The molecule has 1 aromatic heterocycles. The largest absolute Gasteiger partial charge is 0.480 e. The number of hydrogen-bond acceptors (Lipinski definition) is 4. The number of carboxylic acid groups (broad SMARTS) is 1. The zero-order valence-corrected chi connectivity index (χ0v) is 10.2. The summed E-state index contributed by atoms with van der Waals surface area (Å²) in [7, 11) is 0. The molecule has 1 aliphatic rings. The number of nitrogens with zero attached hydrogens (tertiary/aromatic N) is 3. The van der Waals surface area contributed by atoms with Gasteiger partial charge in [-0.3, -0.25) is 9.78 Å². The van der Waals surface area contributed by atoms with Gasteiger partial charge in [0.15, 0.2) is 0 Å². The van der Waals surface area contributed by atoms with Gasteiger partial charge in [0.25, 0.3) is 5.91 Å². The van der Waals surface area contributed by atoms with Crippen molar-refractivity contribution in [2.24, 2.45) is 0 Å². The summed E-state index contributed by atoms with van der Waals surface area (Å²) in [6.45, 7) is 2.24. The smallest absolute Gasteiger partial charge is 0.326 e. The molecule has 2 rings (SSSR count). The van der Waals surface area contributed by atoms with Crippen LogP contribution in [-0.2, 0) is 4.79 Å². The molecule has 18 heavy (non-hydrogen) atoms. The van der Waals surface area contributed by atoms with Crippen molar-refractivity contribution in [3.05, 3.63) is 23.8 Å². The van der Waals surface area contributed by atoms with Crippen LogP contribution in [0.4, 0.5) is 0 Å². The van der Waals surface area contributed by atoms with Crippen molar-refractivity contribution >= 4 is 11.9 Å². The van der Waals surface area contributed by atoms with E-state index in [1.165, 1.54) is 17.3 Å². The third kappa shape index (κ3) is 2.47. The highest BCUT2D eigenvalue weighted by atomic mass is 16.4. The Balaban J connectivity index is 2.20. The lowest BCUT2D eigenvalue weighted by Crippen LogP contribution is -2.48. The van der Waals surface area contributed by atoms with Crippen molar-refractivity contribution in [3.63, 3.8) is 0 Å². The number of aliphatic carboxylic acids is 1. The summed E-state index contributed by atoms with van der Waals surface area (Å²) in [6.07, 6.45) is 5.06. The Bertz CT molecular complexity index is 458. The molecule has 0 bridgehead atoms. The van der Waals surface area contributed by atoms with E-state index in [0.29, 0.717) is 13.0 Å². The van der Waals surface area contributed by atoms with Gasteiger partial charge in [0.05, 0.1) is 11.9 Å². The number of carbonyl (C=O) groups excluding carboxylic acids is 1. The number of aryl methyl sites for hydroxylation is 1. The first-order chi connectivity index (χ1) is 8.59. The van der Waals surface area contributed by atoms with Gasteiger partial charge in [-0.2, -0.15) is 0 Å². The molecule has 6 heteroatoms. The van der Waals surface area contributed by atoms with Gasteiger partial charge in [-0.15, -0.1) is 0 Å². The van der Waals surface area contributed by atoms with E-state index in [-0.39, 0.29) is 11.6 Å². The highest BCUT2D eigenvalue weighted by Crippen LogP contribution is 2.19. The summed E-state index contributed by atoms with van der Waals surface area (Å²) in [5, 5.41) is 9.12. The standard InChI is InChI=1S/C12H15N3O3/c1-8-6-14-9(7-13-8)11(16)15-5-3-2-4-10(15)12(17)18/h6-7,10H,2-5H2,1H3,(H,17,18)/t10-/m0/s1. The minimum atomic E-state index is -0.955. The Morgan fingerprint density at radius 1 is 1.33 bits per heavy atom. The second-order valence-corrected chi connectivity index (χ2v) is 4.39. The second kappa shape index (κ2) is 5.12. The number of carboxylic acids is 1. The van der Waals surface area contributed by atoms with E-state index in [2.05, 4.69) is 9.97 Å². The maximum Gasteiger partial charge on any atom is 0.326 e. The third-order valence-corrected chi connectivity index (χ3v) is 3.05. The molecule has 1 atom stereocenters. The lowest BCUT2D eigenvalue weighted by atomic mass is 10.0. The average Bonchev–Trinajstić information content (AvgIpc) is 2.39. The van der Waals surface area contributed by atoms with Gasteiger partial charge in [-0.05, 0) is 26.2 Å². The minimum absolute atomic E-state index is 0.203. The van der Waals surface area contributed by atoms with Crippen LogP contribution in [0.2, 0.25) is 0 Å². The van der Waals surface area contributed by atoms with Crippen LogP contribution in [0.25, 0.3) is 0 Å². The number of hydrogen-bond donors (Lipinski definition) is 1. The topological polar surface area (TPSA) is 83.4 Å². The fourth-order valence-corrected chi connectivity index (χ4v) is 2.08. The summed E-state index contributed by atoms with van der Waals surface area (Å²) >= 11 is 0. The highest BCUT2D eigenvalue weighted by molar-refractivity contribution is 5.94. The number of carbonyl (C=O) groups is 2. The van der Waals surface area contributed by atoms with E-state index in [1.54, 1.807) is 6.92 Å². The van der Waals surface area contributed by atoms with Crippen molar-refractivity contribution in [1.82, 2.24) is 14.9 Å². The van der Waals surface area contributed by atoms with Crippen LogP contribution >= 0.6 is 0 Å². The molecule has 0 saturated carbocycles. The molecular formula is C12H15N3O3. The van der Waals surface area contributed by atoms with Gasteiger partial charge in [0, 0.05) is 12.7 Å². The average molecular weight is 249 g/mol. The monoisotopic (exact) mass is 249 g/mol. The molecule has 1 N–H and O–H groups in total. The Morgan fingerprint density at radius 3 is 2.72 bits per heavy atom. The molecule has 0 aromatic carbocycles. The van der Waals surface area contributed by atoms with Crippen LogP contribution in [-0.4, -0.2) is 44.4 Å². The first-order valence-electron chi connectivity index (χ1n) is 5.92. The molecule has 1 saturated heterocycles. The summed E-state index contributed by atoms with van der Waals surface area (Å²) in [5.41, 5.74) is 0.925. The predicted molar refractivity (Wildman–Crippen MR) is 63.1 cm³/mol. The van der Waals surface area contributed by atoms with E-state index >= 15 is 0 Å². The quantitative estimate of drug-likeness (QED) is 0.840. The van der Waals surface area contributed by atoms with Gasteiger partial charge in [-0.1, -0.05) is 0 Å². The Kier molecular flexibility index (Phi) is 3.55. The molecule has 1 aliphatic heterocycles. The van der Waals surface area contributed by atoms with Gasteiger partial charge < -0.3 is 10.0 Å². The maximum atomic E-state index is 12.2. The van der Waals surface area contributed by atoms with Gasteiger partial charge >= 0.3 is 5.97 Å².